The average Bonchev–Trinajstić information content (AvgIpc) is 3.48. The Hall–Kier alpha value is -5.94. The van der Waals surface area contributed by atoms with E-state index in [0.717, 1.165) is 61.8 Å². The van der Waals surface area contributed by atoms with Crippen LogP contribution >= 0.6 is 0 Å². The van der Waals surface area contributed by atoms with E-state index in [2.05, 4.69) is 45.9 Å². The number of fused-ring (bicyclic) bond motifs is 4. The third-order valence-corrected chi connectivity index (χ3v) is 8.88. The molecule has 4 heterocycles. The number of hydrogen-bond acceptors (Lipinski definition) is 6. The first-order valence-electron chi connectivity index (χ1n) is 16.8. The van der Waals surface area contributed by atoms with Crippen LogP contribution in [0.2, 0.25) is 0 Å². The van der Waals surface area contributed by atoms with Crippen LogP contribution in [0.1, 0.15) is 33.9 Å². The maximum Gasteiger partial charge on any atom is 0.261 e. The highest BCUT2D eigenvalue weighted by Gasteiger charge is 2.16. The van der Waals surface area contributed by atoms with Crippen LogP contribution in [0.4, 0.5) is 8.78 Å². The Morgan fingerprint density at radius 2 is 1.10 bits per heavy atom. The fourth-order valence-corrected chi connectivity index (χ4v) is 6.14. The summed E-state index contributed by atoms with van der Waals surface area (Å²) in [5, 5.41) is 4.48. The van der Waals surface area contributed by atoms with Gasteiger partial charge in [-0.05, 0) is 79.8 Å². The molecule has 6 aromatic rings. The molecule has 0 spiro atoms. The molecule has 2 aliphatic rings. The van der Waals surface area contributed by atoms with Crippen molar-refractivity contribution in [3.8, 4) is 23.7 Å². The highest BCUT2D eigenvalue weighted by Crippen LogP contribution is 2.15. The maximum atomic E-state index is 13.2. The van der Waals surface area contributed by atoms with Gasteiger partial charge in [0.1, 0.15) is 23.3 Å². The molecule has 8 nitrogen and oxygen atoms in total. The van der Waals surface area contributed by atoms with E-state index >= 15 is 0 Å². The summed E-state index contributed by atoms with van der Waals surface area (Å²) in [5.74, 6) is 12.9. The van der Waals surface area contributed by atoms with Gasteiger partial charge in [-0.1, -0.05) is 35.8 Å². The third kappa shape index (κ3) is 7.79. The zero-order chi connectivity index (χ0) is 35.3. The van der Waals surface area contributed by atoms with Crippen molar-refractivity contribution in [3.05, 3.63) is 151 Å². The van der Waals surface area contributed by atoms with Gasteiger partial charge in [0, 0.05) is 74.4 Å². The van der Waals surface area contributed by atoms with Crippen LogP contribution < -0.4 is 16.4 Å². The van der Waals surface area contributed by atoms with Gasteiger partial charge < -0.3 is 10.2 Å². The number of rotatable bonds is 0. The molecule has 8 rings (SSSR count). The molecule has 254 valence electrons. The van der Waals surface area contributed by atoms with E-state index in [1.54, 1.807) is 51.6 Å². The van der Waals surface area contributed by atoms with Crippen molar-refractivity contribution in [1.82, 2.24) is 29.3 Å². The first-order chi connectivity index (χ1) is 24.8. The van der Waals surface area contributed by atoms with Gasteiger partial charge in [0.15, 0.2) is 0 Å². The van der Waals surface area contributed by atoms with Crippen molar-refractivity contribution in [2.24, 2.45) is 0 Å². The minimum atomic E-state index is -0.309. The van der Waals surface area contributed by atoms with Crippen molar-refractivity contribution in [2.45, 2.75) is 25.9 Å². The summed E-state index contributed by atoms with van der Waals surface area (Å²) in [6, 6.07) is 23.2. The summed E-state index contributed by atoms with van der Waals surface area (Å²) in [6.45, 7) is 4.62. The molecule has 0 radical (unpaired) electrons. The Morgan fingerprint density at radius 3 is 1.65 bits per heavy atom. The van der Waals surface area contributed by atoms with Crippen LogP contribution in [-0.2, 0) is 25.9 Å². The van der Waals surface area contributed by atoms with Crippen LogP contribution in [-0.4, -0.2) is 57.2 Å². The maximum absolute atomic E-state index is 13.2. The van der Waals surface area contributed by atoms with Crippen LogP contribution in [0.15, 0.2) is 94.5 Å². The zero-order valence-electron chi connectivity index (χ0n) is 28.0. The molecule has 10 heteroatoms. The van der Waals surface area contributed by atoms with Gasteiger partial charge in [-0.3, -0.25) is 18.7 Å². The van der Waals surface area contributed by atoms with Crippen molar-refractivity contribution < 1.29 is 8.78 Å². The molecule has 51 heavy (non-hydrogen) atoms. The summed E-state index contributed by atoms with van der Waals surface area (Å²) < 4.78 is 30.0. The standard InChI is InChI=1S/C21H18FN3O.C20H16FN3O/c1-24-10-9-20-23-19-14-16(6-5-15-3-2-4-17(22)13-15)7-8-18(19)21(26)25(20)12-11-24;21-16-3-1-2-14(12-16)4-5-15-6-7-17-18(13-15)23-19-8-9-22-10-11-24(19)20(17)25/h2-4,7-8,13-14H,9-12H2,1H3;1-3,6-7,12-13,22H,8-11H2. The topological polar surface area (TPSA) is 85.1 Å². The zero-order valence-corrected chi connectivity index (χ0v) is 28.0. The van der Waals surface area contributed by atoms with E-state index in [4.69, 9.17) is 4.98 Å². The Labute approximate surface area is 293 Å². The molecule has 0 unspecified atom stereocenters. The van der Waals surface area contributed by atoms with Crippen LogP contribution in [0.5, 0.6) is 0 Å². The van der Waals surface area contributed by atoms with Gasteiger partial charge in [0.05, 0.1) is 21.8 Å². The first kappa shape index (κ1) is 33.6. The smallest absolute Gasteiger partial charge is 0.261 e. The third-order valence-electron chi connectivity index (χ3n) is 8.88. The number of nitrogens with one attached hydrogen (secondary N) is 1. The number of aromatic nitrogens is 4. The fraction of sp³-hybridized carbons (Fsp3) is 0.220. The highest BCUT2D eigenvalue weighted by molar-refractivity contribution is 5.80. The van der Waals surface area contributed by atoms with Crippen molar-refractivity contribution in [3.63, 3.8) is 0 Å². The van der Waals surface area contributed by atoms with Crippen molar-refractivity contribution >= 4 is 21.8 Å². The van der Waals surface area contributed by atoms with Gasteiger partial charge in [0.2, 0.25) is 0 Å². The molecule has 4 aromatic carbocycles. The van der Waals surface area contributed by atoms with Crippen LogP contribution in [0.25, 0.3) is 21.8 Å². The molecule has 0 aliphatic carbocycles. The highest BCUT2D eigenvalue weighted by atomic mass is 19.1. The number of likely N-dealkylation sites (N-methyl/N-ethyl adjacent to an activating group) is 1. The molecule has 0 fully saturated rings. The summed E-state index contributed by atoms with van der Waals surface area (Å²) in [6.07, 6.45) is 1.48. The summed E-state index contributed by atoms with van der Waals surface area (Å²) in [4.78, 5) is 37.0. The molecule has 0 amide bonds. The minimum Gasteiger partial charge on any atom is -0.315 e. The molecule has 0 saturated carbocycles. The summed E-state index contributed by atoms with van der Waals surface area (Å²) >= 11 is 0. The second kappa shape index (κ2) is 14.9. The number of hydrogen-bond donors (Lipinski definition) is 1. The Kier molecular flexibility index (Phi) is 9.80. The van der Waals surface area contributed by atoms with Crippen molar-refractivity contribution in [2.75, 3.05) is 33.2 Å². The van der Waals surface area contributed by atoms with E-state index < -0.39 is 0 Å². The minimum absolute atomic E-state index is 0.00457. The van der Waals surface area contributed by atoms with E-state index in [1.165, 1.54) is 24.3 Å². The summed E-state index contributed by atoms with van der Waals surface area (Å²) in [7, 11) is 2.05. The number of benzene rings is 4. The number of halogens is 2. The van der Waals surface area contributed by atoms with Gasteiger partial charge in [-0.2, -0.15) is 0 Å². The normalized spacial score (nSPS) is 14.0. The van der Waals surface area contributed by atoms with Gasteiger partial charge >= 0.3 is 0 Å². The van der Waals surface area contributed by atoms with E-state index in [0.29, 0.717) is 46.0 Å². The second-order valence-electron chi connectivity index (χ2n) is 12.5. The molecular formula is C41H34F2N6O2. The molecule has 1 N–H and O–H groups in total. The lowest BCUT2D eigenvalue weighted by atomic mass is 10.1. The lowest BCUT2D eigenvalue weighted by molar-refractivity contribution is 0.341. The quantitative estimate of drug-likeness (QED) is 0.238. The first-order valence-corrected chi connectivity index (χ1v) is 16.8. The molecular weight excluding hydrogens is 646 g/mol. The Morgan fingerprint density at radius 1 is 0.588 bits per heavy atom. The predicted octanol–water partition coefficient (Wildman–Crippen LogP) is 4.50. The molecule has 2 aromatic heterocycles. The molecule has 2 aliphatic heterocycles. The Balaban J connectivity index is 0.000000159. The molecule has 0 atom stereocenters. The van der Waals surface area contributed by atoms with Crippen LogP contribution in [0.3, 0.4) is 0 Å². The van der Waals surface area contributed by atoms with Gasteiger partial charge in [0.25, 0.3) is 11.1 Å². The van der Waals surface area contributed by atoms with Gasteiger partial charge in [-0.25, -0.2) is 18.7 Å². The molecule has 0 bridgehead atoms. The average molecular weight is 681 g/mol. The Bertz CT molecular complexity index is 2540. The summed E-state index contributed by atoms with van der Waals surface area (Å²) in [5.41, 5.74) is 4.05. The lowest BCUT2D eigenvalue weighted by Crippen LogP contribution is -2.27. The van der Waals surface area contributed by atoms with E-state index in [-0.39, 0.29) is 22.8 Å². The van der Waals surface area contributed by atoms with Crippen LogP contribution in [0, 0.1) is 35.3 Å². The second-order valence-corrected chi connectivity index (χ2v) is 12.5. The largest absolute Gasteiger partial charge is 0.315 e. The number of nitrogens with zero attached hydrogens (tertiary/aromatic N) is 5. The SMILES string of the molecule is CN1CCc2nc3cc(C#Cc4cccc(F)c4)ccc3c(=O)n2CC1.O=c1c2ccc(C#Cc3cccc(F)c3)cc2nc2n1CCNCC2. The van der Waals surface area contributed by atoms with Crippen molar-refractivity contribution in [1.29, 1.82) is 0 Å². The van der Waals surface area contributed by atoms with Gasteiger partial charge in [-0.15, -0.1) is 0 Å². The van der Waals surface area contributed by atoms with E-state index in [9.17, 15) is 18.4 Å². The monoisotopic (exact) mass is 680 g/mol. The van der Waals surface area contributed by atoms with E-state index in [1.807, 2.05) is 18.2 Å². The predicted molar refractivity (Wildman–Crippen MR) is 195 cm³/mol. The lowest BCUT2D eigenvalue weighted by Gasteiger charge is -2.11. The molecule has 0 saturated heterocycles. The fourth-order valence-electron chi connectivity index (χ4n) is 6.14.